The lowest BCUT2D eigenvalue weighted by atomic mass is 9.88. The standard InChI is InChI=1S/C9H14N2O/c1-11-9-3-2-7(6-12)4-8(9)5-10-11/h5,7,12H,2-4,6H2,1H3. The predicted octanol–water partition coefficient (Wildman–Crippen LogP) is 0.517. The average Bonchev–Trinajstić information content (AvgIpc) is 2.47. The van der Waals surface area contributed by atoms with Crippen LogP contribution < -0.4 is 0 Å². The summed E-state index contributed by atoms with van der Waals surface area (Å²) < 4.78 is 1.95. The lowest BCUT2D eigenvalue weighted by Gasteiger charge is -2.19. The van der Waals surface area contributed by atoms with Gasteiger partial charge < -0.3 is 5.11 Å². The van der Waals surface area contributed by atoms with Crippen molar-refractivity contribution in [1.29, 1.82) is 0 Å². The Morgan fingerprint density at radius 2 is 2.58 bits per heavy atom. The zero-order valence-corrected chi connectivity index (χ0v) is 7.32. The molecule has 1 aliphatic carbocycles. The molecule has 2 rings (SSSR count). The van der Waals surface area contributed by atoms with Gasteiger partial charge in [0.1, 0.15) is 0 Å². The van der Waals surface area contributed by atoms with E-state index in [1.807, 2.05) is 17.9 Å². The fraction of sp³-hybridized carbons (Fsp3) is 0.667. The van der Waals surface area contributed by atoms with E-state index < -0.39 is 0 Å². The van der Waals surface area contributed by atoms with Crippen LogP contribution in [0.1, 0.15) is 17.7 Å². The predicted molar refractivity (Wildman–Crippen MR) is 45.8 cm³/mol. The number of nitrogens with zero attached hydrogens (tertiary/aromatic N) is 2. The smallest absolute Gasteiger partial charge is 0.0524 e. The summed E-state index contributed by atoms with van der Waals surface area (Å²) in [5, 5.41) is 13.2. The number of aliphatic hydroxyl groups is 1. The molecule has 1 N–H and O–H groups in total. The molecule has 1 unspecified atom stereocenters. The lowest BCUT2D eigenvalue weighted by Crippen LogP contribution is -2.18. The first-order chi connectivity index (χ1) is 5.81. The van der Waals surface area contributed by atoms with Crippen LogP contribution in [-0.4, -0.2) is 21.5 Å². The molecule has 1 heterocycles. The highest BCUT2D eigenvalue weighted by atomic mass is 16.3. The Hall–Kier alpha value is -0.830. The molecule has 0 spiro atoms. The number of rotatable bonds is 1. The van der Waals surface area contributed by atoms with Gasteiger partial charge in [0.05, 0.1) is 6.20 Å². The number of hydrogen-bond acceptors (Lipinski definition) is 2. The van der Waals surface area contributed by atoms with E-state index in [0.29, 0.717) is 12.5 Å². The minimum absolute atomic E-state index is 0.314. The van der Waals surface area contributed by atoms with Crippen LogP contribution in [0, 0.1) is 5.92 Å². The lowest BCUT2D eigenvalue weighted by molar-refractivity contribution is 0.212. The molecule has 1 aromatic rings. The third-order valence-electron chi connectivity index (χ3n) is 2.70. The summed E-state index contributed by atoms with van der Waals surface area (Å²) in [6.07, 6.45) is 5.09. The molecular weight excluding hydrogens is 152 g/mol. The van der Waals surface area contributed by atoms with Crippen LogP contribution in [0.25, 0.3) is 0 Å². The van der Waals surface area contributed by atoms with Gasteiger partial charge in [-0.05, 0) is 30.7 Å². The van der Waals surface area contributed by atoms with Crippen LogP contribution in [0.3, 0.4) is 0 Å². The van der Waals surface area contributed by atoms with Gasteiger partial charge in [0, 0.05) is 19.3 Å². The Morgan fingerprint density at radius 1 is 1.75 bits per heavy atom. The maximum atomic E-state index is 9.00. The summed E-state index contributed by atoms with van der Waals surface area (Å²) in [5.41, 5.74) is 2.67. The summed E-state index contributed by atoms with van der Waals surface area (Å²) in [5.74, 6) is 0.460. The molecule has 1 aromatic heterocycles. The summed E-state index contributed by atoms with van der Waals surface area (Å²) in [6.45, 7) is 0.314. The number of hydrogen-bond donors (Lipinski definition) is 1. The first-order valence-corrected chi connectivity index (χ1v) is 4.42. The van der Waals surface area contributed by atoms with Crippen molar-refractivity contribution in [2.45, 2.75) is 19.3 Å². The molecule has 1 atom stereocenters. The van der Waals surface area contributed by atoms with Gasteiger partial charge in [-0.15, -0.1) is 0 Å². The van der Waals surface area contributed by atoms with Gasteiger partial charge in [-0.3, -0.25) is 4.68 Å². The first-order valence-electron chi connectivity index (χ1n) is 4.42. The van der Waals surface area contributed by atoms with Crippen molar-refractivity contribution in [1.82, 2.24) is 9.78 Å². The van der Waals surface area contributed by atoms with Crippen molar-refractivity contribution in [2.24, 2.45) is 13.0 Å². The molecule has 0 amide bonds. The molecule has 12 heavy (non-hydrogen) atoms. The molecule has 0 radical (unpaired) electrons. The second kappa shape index (κ2) is 2.90. The Morgan fingerprint density at radius 3 is 3.33 bits per heavy atom. The van der Waals surface area contributed by atoms with Crippen LogP contribution >= 0.6 is 0 Å². The van der Waals surface area contributed by atoms with Crippen molar-refractivity contribution >= 4 is 0 Å². The summed E-state index contributed by atoms with van der Waals surface area (Å²) in [6, 6.07) is 0. The van der Waals surface area contributed by atoms with E-state index in [1.165, 1.54) is 11.3 Å². The Balaban J connectivity index is 2.24. The van der Waals surface area contributed by atoms with Gasteiger partial charge >= 0.3 is 0 Å². The number of aromatic nitrogens is 2. The first kappa shape index (κ1) is 7.80. The number of aryl methyl sites for hydroxylation is 1. The SMILES string of the molecule is Cn1ncc2c1CCC(CO)C2. The Bertz CT molecular complexity index is 280. The van der Waals surface area contributed by atoms with Gasteiger partial charge in [-0.25, -0.2) is 0 Å². The van der Waals surface area contributed by atoms with Gasteiger partial charge in [0.15, 0.2) is 0 Å². The molecule has 1 aliphatic rings. The van der Waals surface area contributed by atoms with E-state index in [0.717, 1.165) is 19.3 Å². The zero-order chi connectivity index (χ0) is 8.55. The van der Waals surface area contributed by atoms with Gasteiger partial charge in [0.25, 0.3) is 0 Å². The molecule has 0 fully saturated rings. The monoisotopic (exact) mass is 166 g/mol. The molecule has 3 heteroatoms. The van der Waals surface area contributed by atoms with E-state index in [-0.39, 0.29) is 0 Å². The summed E-state index contributed by atoms with van der Waals surface area (Å²) >= 11 is 0. The Kier molecular flexibility index (Phi) is 1.89. The normalized spacial score (nSPS) is 22.3. The Labute approximate surface area is 72.0 Å². The maximum absolute atomic E-state index is 9.00. The van der Waals surface area contributed by atoms with Gasteiger partial charge in [-0.2, -0.15) is 5.10 Å². The van der Waals surface area contributed by atoms with Crippen molar-refractivity contribution in [2.75, 3.05) is 6.61 Å². The zero-order valence-electron chi connectivity index (χ0n) is 7.32. The van der Waals surface area contributed by atoms with Crippen LogP contribution in [0.15, 0.2) is 6.20 Å². The van der Waals surface area contributed by atoms with E-state index in [2.05, 4.69) is 5.10 Å². The molecule has 0 bridgehead atoms. The van der Waals surface area contributed by atoms with Crippen molar-refractivity contribution in [3.05, 3.63) is 17.5 Å². The molecule has 0 saturated carbocycles. The third-order valence-corrected chi connectivity index (χ3v) is 2.70. The second-order valence-electron chi connectivity index (χ2n) is 3.53. The van der Waals surface area contributed by atoms with Crippen LogP contribution in [0.5, 0.6) is 0 Å². The maximum Gasteiger partial charge on any atom is 0.0524 e. The fourth-order valence-corrected chi connectivity index (χ4v) is 1.91. The van der Waals surface area contributed by atoms with E-state index in [9.17, 15) is 0 Å². The fourth-order valence-electron chi connectivity index (χ4n) is 1.91. The van der Waals surface area contributed by atoms with E-state index >= 15 is 0 Å². The minimum Gasteiger partial charge on any atom is -0.396 e. The molecule has 0 aromatic carbocycles. The third kappa shape index (κ3) is 1.14. The highest BCUT2D eigenvalue weighted by Gasteiger charge is 2.20. The number of aliphatic hydroxyl groups excluding tert-OH is 1. The van der Waals surface area contributed by atoms with Gasteiger partial charge in [0.2, 0.25) is 0 Å². The van der Waals surface area contributed by atoms with Gasteiger partial charge in [-0.1, -0.05) is 0 Å². The average molecular weight is 166 g/mol. The summed E-state index contributed by atoms with van der Waals surface area (Å²) in [7, 11) is 1.98. The minimum atomic E-state index is 0.314. The molecule has 3 nitrogen and oxygen atoms in total. The van der Waals surface area contributed by atoms with Crippen molar-refractivity contribution in [3.8, 4) is 0 Å². The van der Waals surface area contributed by atoms with E-state index in [4.69, 9.17) is 5.11 Å². The highest BCUT2D eigenvalue weighted by Crippen LogP contribution is 2.24. The molecule has 66 valence electrons. The van der Waals surface area contributed by atoms with Crippen LogP contribution in [0.2, 0.25) is 0 Å². The molecule has 0 aliphatic heterocycles. The van der Waals surface area contributed by atoms with Crippen molar-refractivity contribution in [3.63, 3.8) is 0 Å². The molecular formula is C9H14N2O. The topological polar surface area (TPSA) is 38.0 Å². The number of fused-ring (bicyclic) bond motifs is 1. The summed E-state index contributed by atoms with van der Waals surface area (Å²) in [4.78, 5) is 0. The quantitative estimate of drug-likeness (QED) is 0.660. The van der Waals surface area contributed by atoms with Crippen molar-refractivity contribution < 1.29 is 5.11 Å². The van der Waals surface area contributed by atoms with Crippen LogP contribution in [-0.2, 0) is 19.9 Å². The largest absolute Gasteiger partial charge is 0.396 e. The van der Waals surface area contributed by atoms with E-state index in [1.54, 1.807) is 0 Å². The molecule has 0 saturated heterocycles. The van der Waals surface area contributed by atoms with Crippen LogP contribution in [0.4, 0.5) is 0 Å². The highest BCUT2D eigenvalue weighted by molar-refractivity contribution is 5.21. The second-order valence-corrected chi connectivity index (χ2v) is 3.53.